The number of carboxylic acids is 1. The molecule has 0 aromatic heterocycles. The summed E-state index contributed by atoms with van der Waals surface area (Å²) in [7, 11) is 0. The molecule has 0 aliphatic rings. The number of hydrogen-bond donors (Lipinski definition) is 2. The van der Waals surface area contributed by atoms with Crippen LogP contribution in [0.15, 0.2) is 24.3 Å². The van der Waals surface area contributed by atoms with Crippen molar-refractivity contribution >= 4 is 5.97 Å². The molecule has 0 radical (unpaired) electrons. The highest BCUT2D eigenvalue weighted by Crippen LogP contribution is 2.26. The molecular weight excluding hydrogens is 192 g/mol. The van der Waals surface area contributed by atoms with Crippen LogP contribution in [0, 0.1) is 0 Å². The second kappa shape index (κ2) is 5.39. The van der Waals surface area contributed by atoms with Gasteiger partial charge in [-0.25, -0.2) is 0 Å². The van der Waals surface area contributed by atoms with Gasteiger partial charge in [-0.05, 0) is 30.0 Å². The maximum absolute atomic E-state index is 10.7. The Kier molecular flexibility index (Phi) is 4.16. The van der Waals surface area contributed by atoms with Gasteiger partial charge in [-0.3, -0.25) is 4.79 Å². The van der Waals surface area contributed by atoms with Gasteiger partial charge in [-0.1, -0.05) is 25.5 Å². The largest absolute Gasteiger partial charge is 0.508 e. The third-order valence-corrected chi connectivity index (χ3v) is 2.42. The topological polar surface area (TPSA) is 57.5 Å². The average molecular weight is 208 g/mol. The lowest BCUT2D eigenvalue weighted by atomic mass is 9.91. The Morgan fingerprint density at radius 1 is 1.33 bits per heavy atom. The SMILES string of the molecule is CCCC(CC(=O)O)c1ccc(O)cc1. The van der Waals surface area contributed by atoms with E-state index in [1.165, 1.54) is 0 Å². The van der Waals surface area contributed by atoms with Gasteiger partial charge in [0.1, 0.15) is 5.75 Å². The molecule has 0 aliphatic carbocycles. The Morgan fingerprint density at radius 3 is 2.40 bits per heavy atom. The van der Waals surface area contributed by atoms with Crippen LogP contribution in [0.1, 0.15) is 37.7 Å². The van der Waals surface area contributed by atoms with Gasteiger partial charge in [0.05, 0.1) is 6.42 Å². The normalized spacial score (nSPS) is 12.3. The average Bonchev–Trinajstić information content (AvgIpc) is 2.17. The van der Waals surface area contributed by atoms with Crippen LogP contribution in [0.3, 0.4) is 0 Å². The maximum Gasteiger partial charge on any atom is 0.303 e. The van der Waals surface area contributed by atoms with Crippen molar-refractivity contribution < 1.29 is 15.0 Å². The number of rotatable bonds is 5. The first-order chi connectivity index (χ1) is 7.13. The summed E-state index contributed by atoms with van der Waals surface area (Å²) >= 11 is 0. The van der Waals surface area contributed by atoms with E-state index in [0.717, 1.165) is 18.4 Å². The Morgan fingerprint density at radius 2 is 1.93 bits per heavy atom. The zero-order valence-corrected chi connectivity index (χ0v) is 8.81. The first-order valence-corrected chi connectivity index (χ1v) is 5.14. The third kappa shape index (κ3) is 3.62. The molecule has 1 rings (SSSR count). The van der Waals surface area contributed by atoms with Gasteiger partial charge in [-0.2, -0.15) is 0 Å². The minimum Gasteiger partial charge on any atom is -0.508 e. The molecule has 1 aromatic carbocycles. The number of phenolic OH excluding ortho intramolecular Hbond substituents is 1. The monoisotopic (exact) mass is 208 g/mol. The van der Waals surface area contributed by atoms with E-state index in [0.29, 0.717) is 0 Å². The molecule has 0 heterocycles. The summed E-state index contributed by atoms with van der Waals surface area (Å²) in [6, 6.07) is 6.77. The van der Waals surface area contributed by atoms with Crippen LogP contribution in [0.2, 0.25) is 0 Å². The van der Waals surface area contributed by atoms with Crippen LogP contribution in [-0.2, 0) is 4.79 Å². The van der Waals surface area contributed by atoms with Crippen LogP contribution in [0.4, 0.5) is 0 Å². The van der Waals surface area contributed by atoms with Crippen LogP contribution in [-0.4, -0.2) is 16.2 Å². The Balaban J connectivity index is 2.78. The molecule has 3 heteroatoms. The minimum absolute atomic E-state index is 0.0492. The summed E-state index contributed by atoms with van der Waals surface area (Å²) < 4.78 is 0. The fraction of sp³-hybridized carbons (Fsp3) is 0.417. The molecule has 2 N–H and O–H groups in total. The number of carboxylic acid groups (broad SMARTS) is 1. The smallest absolute Gasteiger partial charge is 0.303 e. The first-order valence-electron chi connectivity index (χ1n) is 5.14. The fourth-order valence-corrected chi connectivity index (χ4v) is 1.69. The first kappa shape index (κ1) is 11.6. The lowest BCUT2D eigenvalue weighted by Gasteiger charge is -2.14. The van der Waals surface area contributed by atoms with Gasteiger partial charge < -0.3 is 10.2 Å². The lowest BCUT2D eigenvalue weighted by molar-refractivity contribution is -0.137. The molecule has 0 spiro atoms. The number of carbonyl (C=O) groups is 1. The molecule has 0 aliphatic heterocycles. The molecule has 1 unspecified atom stereocenters. The van der Waals surface area contributed by atoms with E-state index >= 15 is 0 Å². The highest BCUT2D eigenvalue weighted by molar-refractivity contribution is 5.68. The van der Waals surface area contributed by atoms with E-state index < -0.39 is 5.97 Å². The van der Waals surface area contributed by atoms with Crippen molar-refractivity contribution in [2.75, 3.05) is 0 Å². The molecule has 0 bridgehead atoms. The summed E-state index contributed by atoms with van der Waals surface area (Å²) in [5.74, 6) is -0.515. The Bertz CT molecular complexity index is 316. The van der Waals surface area contributed by atoms with Crippen molar-refractivity contribution in [1.29, 1.82) is 0 Å². The minimum atomic E-state index is -0.776. The van der Waals surface area contributed by atoms with Gasteiger partial charge in [0.25, 0.3) is 0 Å². The van der Waals surface area contributed by atoms with Gasteiger partial charge in [0.2, 0.25) is 0 Å². The van der Waals surface area contributed by atoms with E-state index in [9.17, 15) is 4.79 Å². The van der Waals surface area contributed by atoms with Crippen LogP contribution in [0.5, 0.6) is 5.75 Å². The van der Waals surface area contributed by atoms with Gasteiger partial charge in [-0.15, -0.1) is 0 Å². The predicted molar refractivity (Wildman–Crippen MR) is 58.0 cm³/mol. The van der Waals surface area contributed by atoms with Crippen LogP contribution in [0.25, 0.3) is 0 Å². The molecule has 3 nitrogen and oxygen atoms in total. The fourth-order valence-electron chi connectivity index (χ4n) is 1.69. The summed E-state index contributed by atoms with van der Waals surface area (Å²) in [6.07, 6.45) is 1.97. The number of phenols is 1. The van der Waals surface area contributed by atoms with Crippen molar-refractivity contribution in [3.8, 4) is 5.75 Å². The van der Waals surface area contributed by atoms with E-state index in [-0.39, 0.29) is 18.1 Å². The summed E-state index contributed by atoms with van der Waals surface area (Å²) in [6.45, 7) is 2.04. The molecule has 1 atom stereocenters. The molecule has 0 amide bonds. The number of aromatic hydroxyl groups is 1. The molecule has 82 valence electrons. The third-order valence-electron chi connectivity index (χ3n) is 2.42. The van der Waals surface area contributed by atoms with Gasteiger partial charge in [0.15, 0.2) is 0 Å². The summed E-state index contributed by atoms with van der Waals surface area (Å²) in [4.78, 5) is 10.7. The Hall–Kier alpha value is -1.51. The summed E-state index contributed by atoms with van der Waals surface area (Å²) in [5, 5.41) is 17.9. The standard InChI is InChI=1S/C12H16O3/c1-2-3-10(8-12(14)15)9-4-6-11(13)7-5-9/h4-7,10,13H,2-3,8H2,1H3,(H,14,15). The molecule has 0 saturated carbocycles. The highest BCUT2D eigenvalue weighted by atomic mass is 16.4. The second-order valence-electron chi connectivity index (χ2n) is 3.67. The summed E-state index contributed by atoms with van der Waals surface area (Å²) in [5.41, 5.74) is 0.983. The zero-order valence-electron chi connectivity index (χ0n) is 8.81. The highest BCUT2D eigenvalue weighted by Gasteiger charge is 2.14. The molecular formula is C12H16O3. The quantitative estimate of drug-likeness (QED) is 0.782. The van der Waals surface area contributed by atoms with Crippen molar-refractivity contribution in [1.82, 2.24) is 0 Å². The van der Waals surface area contributed by atoms with Crippen molar-refractivity contribution in [3.63, 3.8) is 0 Å². The molecule has 15 heavy (non-hydrogen) atoms. The molecule has 0 fully saturated rings. The lowest BCUT2D eigenvalue weighted by Crippen LogP contribution is -2.06. The van der Waals surface area contributed by atoms with Crippen molar-refractivity contribution in [3.05, 3.63) is 29.8 Å². The van der Waals surface area contributed by atoms with E-state index in [4.69, 9.17) is 10.2 Å². The van der Waals surface area contributed by atoms with Crippen LogP contribution < -0.4 is 0 Å². The number of aliphatic carboxylic acids is 1. The number of hydrogen-bond acceptors (Lipinski definition) is 2. The van der Waals surface area contributed by atoms with Gasteiger partial charge in [0, 0.05) is 0 Å². The maximum atomic E-state index is 10.7. The Labute approximate surface area is 89.4 Å². The van der Waals surface area contributed by atoms with Gasteiger partial charge >= 0.3 is 5.97 Å². The predicted octanol–water partition coefficient (Wildman–Crippen LogP) is 2.75. The van der Waals surface area contributed by atoms with Crippen molar-refractivity contribution in [2.24, 2.45) is 0 Å². The van der Waals surface area contributed by atoms with E-state index in [1.54, 1.807) is 24.3 Å². The van der Waals surface area contributed by atoms with Crippen LogP contribution >= 0.6 is 0 Å². The molecule has 0 saturated heterocycles. The second-order valence-corrected chi connectivity index (χ2v) is 3.67. The van der Waals surface area contributed by atoms with Crippen molar-refractivity contribution in [2.45, 2.75) is 32.1 Å². The molecule has 1 aromatic rings. The zero-order chi connectivity index (χ0) is 11.3. The van der Waals surface area contributed by atoms with E-state index in [2.05, 4.69) is 0 Å². The number of benzene rings is 1. The van der Waals surface area contributed by atoms with E-state index in [1.807, 2.05) is 6.92 Å².